The Morgan fingerprint density at radius 2 is 1.35 bits per heavy atom. The summed E-state index contributed by atoms with van der Waals surface area (Å²) >= 11 is 0. The van der Waals surface area contributed by atoms with Crippen LogP contribution in [0.3, 0.4) is 0 Å². The minimum absolute atomic E-state index is 0.0782. The number of unbranched alkanes of at least 4 members (excludes halogenated alkanes) is 1. The lowest BCUT2D eigenvalue weighted by molar-refractivity contribution is -0.116. The number of para-hydroxylation sites is 2. The molecule has 2 amide bonds. The van der Waals surface area contributed by atoms with Crippen molar-refractivity contribution in [2.24, 2.45) is 0 Å². The molecule has 0 fully saturated rings. The van der Waals surface area contributed by atoms with Gasteiger partial charge in [-0.1, -0.05) is 60.7 Å². The molecule has 1 aliphatic rings. The number of fused-ring (bicyclic) bond motifs is 3. The number of nitrogens with two attached hydrogens (primary N) is 1. The second-order valence-electron chi connectivity index (χ2n) is 7.53. The molecule has 4 rings (SSSR count). The maximum absolute atomic E-state index is 12.5. The third-order valence-corrected chi connectivity index (χ3v) is 5.36. The van der Waals surface area contributed by atoms with Gasteiger partial charge in [-0.3, -0.25) is 9.59 Å². The van der Waals surface area contributed by atoms with Crippen molar-refractivity contribution in [1.82, 2.24) is 5.32 Å². The fourth-order valence-electron chi connectivity index (χ4n) is 3.83. The number of carbonyl (C=O) groups is 2. The molecule has 0 saturated heterocycles. The van der Waals surface area contributed by atoms with Crippen LogP contribution in [0.15, 0.2) is 78.9 Å². The van der Waals surface area contributed by atoms with Gasteiger partial charge >= 0.3 is 0 Å². The van der Waals surface area contributed by atoms with Crippen LogP contribution in [0.2, 0.25) is 0 Å². The van der Waals surface area contributed by atoms with Crippen molar-refractivity contribution in [3.63, 3.8) is 0 Å². The first-order valence-corrected chi connectivity index (χ1v) is 10.5. The van der Waals surface area contributed by atoms with Gasteiger partial charge in [0.1, 0.15) is 0 Å². The zero-order chi connectivity index (χ0) is 21.6. The zero-order valence-electron chi connectivity index (χ0n) is 17.2. The van der Waals surface area contributed by atoms with Crippen LogP contribution < -0.4 is 16.4 Å². The van der Waals surface area contributed by atoms with Crippen molar-refractivity contribution in [2.45, 2.75) is 19.3 Å². The largest absolute Gasteiger partial charge is 0.397 e. The van der Waals surface area contributed by atoms with E-state index in [-0.39, 0.29) is 11.8 Å². The number of hydrogen-bond donors (Lipinski definition) is 3. The smallest absolute Gasteiger partial charge is 0.244 e. The lowest BCUT2D eigenvalue weighted by Crippen LogP contribution is -2.23. The third kappa shape index (κ3) is 4.67. The molecule has 0 unspecified atom stereocenters. The minimum atomic E-state index is -0.122. The molecule has 1 aliphatic carbocycles. The van der Waals surface area contributed by atoms with Gasteiger partial charge in [-0.05, 0) is 52.8 Å². The van der Waals surface area contributed by atoms with Gasteiger partial charge in [0.2, 0.25) is 11.8 Å². The zero-order valence-corrected chi connectivity index (χ0v) is 17.2. The summed E-state index contributed by atoms with van der Waals surface area (Å²) in [4.78, 5) is 24.6. The molecule has 156 valence electrons. The monoisotopic (exact) mass is 411 g/mol. The topological polar surface area (TPSA) is 84.2 Å². The number of anilines is 2. The summed E-state index contributed by atoms with van der Waals surface area (Å²) in [6.07, 6.45) is 3.46. The molecular weight excluding hydrogens is 386 g/mol. The summed E-state index contributed by atoms with van der Waals surface area (Å²) in [6, 6.07) is 23.5. The fourth-order valence-corrected chi connectivity index (χ4v) is 3.83. The van der Waals surface area contributed by atoms with E-state index in [4.69, 9.17) is 5.73 Å². The summed E-state index contributed by atoms with van der Waals surface area (Å²) in [7, 11) is 0. The maximum atomic E-state index is 12.5. The van der Waals surface area contributed by atoms with Crippen LogP contribution in [-0.2, 0) is 9.59 Å². The highest BCUT2D eigenvalue weighted by Crippen LogP contribution is 2.43. The van der Waals surface area contributed by atoms with Gasteiger partial charge in [0.25, 0.3) is 0 Å². The molecule has 3 aromatic rings. The van der Waals surface area contributed by atoms with E-state index in [9.17, 15) is 9.59 Å². The molecule has 0 atom stereocenters. The van der Waals surface area contributed by atoms with Crippen molar-refractivity contribution in [3.05, 3.63) is 90.0 Å². The summed E-state index contributed by atoms with van der Waals surface area (Å²) in [6.45, 7) is 0.520. The molecule has 0 aliphatic heterocycles. The predicted octanol–water partition coefficient (Wildman–Crippen LogP) is 4.61. The van der Waals surface area contributed by atoms with Crippen LogP contribution in [0, 0.1) is 0 Å². The van der Waals surface area contributed by atoms with E-state index < -0.39 is 0 Å². The second kappa shape index (κ2) is 9.30. The van der Waals surface area contributed by atoms with Crippen LogP contribution >= 0.6 is 0 Å². The van der Waals surface area contributed by atoms with Crippen LogP contribution in [-0.4, -0.2) is 18.4 Å². The molecule has 4 N–H and O–H groups in total. The predicted molar refractivity (Wildman–Crippen MR) is 125 cm³/mol. The highest BCUT2D eigenvalue weighted by molar-refractivity contribution is 6.08. The van der Waals surface area contributed by atoms with Gasteiger partial charge in [-0.2, -0.15) is 0 Å². The van der Waals surface area contributed by atoms with Gasteiger partial charge in [0, 0.05) is 19.0 Å². The van der Waals surface area contributed by atoms with Crippen LogP contribution in [0.1, 0.15) is 30.4 Å². The first-order chi connectivity index (χ1) is 15.1. The van der Waals surface area contributed by atoms with Gasteiger partial charge in [-0.15, -0.1) is 0 Å². The van der Waals surface area contributed by atoms with E-state index in [1.165, 1.54) is 0 Å². The fraction of sp³-hybridized carbons (Fsp3) is 0.154. The van der Waals surface area contributed by atoms with Gasteiger partial charge in [-0.25, -0.2) is 0 Å². The highest BCUT2D eigenvalue weighted by atomic mass is 16.2. The SMILES string of the molecule is Nc1ccccc1NC(=O)CCCCNC(=O)C=C1c2ccccc2-c2ccccc21. The summed E-state index contributed by atoms with van der Waals surface area (Å²) in [5.74, 6) is -0.200. The van der Waals surface area contributed by atoms with Gasteiger partial charge < -0.3 is 16.4 Å². The van der Waals surface area contributed by atoms with Gasteiger partial charge in [0.05, 0.1) is 11.4 Å². The van der Waals surface area contributed by atoms with Crippen molar-refractivity contribution in [2.75, 3.05) is 17.6 Å². The molecule has 0 heterocycles. The van der Waals surface area contributed by atoms with E-state index in [0.717, 1.165) is 34.2 Å². The first kappa shape index (κ1) is 20.4. The van der Waals surface area contributed by atoms with Crippen molar-refractivity contribution in [3.8, 4) is 11.1 Å². The Balaban J connectivity index is 1.28. The second-order valence-corrected chi connectivity index (χ2v) is 7.53. The molecule has 0 bridgehead atoms. The summed E-state index contributed by atoms with van der Waals surface area (Å²) in [5, 5.41) is 5.75. The summed E-state index contributed by atoms with van der Waals surface area (Å²) in [5.41, 5.74) is 12.4. The standard InChI is InChI=1S/C26H25N3O2/c27-23-13-5-6-14-24(23)29-25(30)15-7-8-16-28-26(31)17-22-20-11-3-1-9-18(20)19-10-2-4-12-21(19)22/h1-6,9-14,17H,7-8,15-16,27H2,(H,28,31)(H,29,30). The Hall–Kier alpha value is -3.86. The summed E-state index contributed by atoms with van der Waals surface area (Å²) < 4.78 is 0. The van der Waals surface area contributed by atoms with Crippen LogP contribution in [0.4, 0.5) is 11.4 Å². The van der Waals surface area contributed by atoms with Gasteiger partial charge in [0.15, 0.2) is 0 Å². The lowest BCUT2D eigenvalue weighted by Gasteiger charge is -2.08. The van der Waals surface area contributed by atoms with Crippen molar-refractivity contribution >= 4 is 28.8 Å². The molecule has 5 heteroatoms. The van der Waals surface area contributed by atoms with Crippen LogP contribution in [0.5, 0.6) is 0 Å². The maximum Gasteiger partial charge on any atom is 0.244 e. The number of nitrogen functional groups attached to an aromatic ring is 1. The average molecular weight is 412 g/mol. The van der Waals surface area contributed by atoms with Crippen molar-refractivity contribution < 1.29 is 9.59 Å². The number of carbonyl (C=O) groups excluding carboxylic acids is 2. The van der Waals surface area contributed by atoms with E-state index in [2.05, 4.69) is 22.8 Å². The van der Waals surface area contributed by atoms with Crippen LogP contribution in [0.25, 0.3) is 16.7 Å². The quantitative estimate of drug-likeness (QED) is 0.236. The Kier molecular flexibility index (Phi) is 6.13. The normalized spacial score (nSPS) is 11.4. The molecule has 31 heavy (non-hydrogen) atoms. The number of nitrogens with one attached hydrogen (secondary N) is 2. The van der Waals surface area contributed by atoms with Crippen molar-refractivity contribution in [1.29, 1.82) is 0 Å². The lowest BCUT2D eigenvalue weighted by atomic mass is 10.0. The molecule has 0 saturated carbocycles. The molecule has 0 radical (unpaired) electrons. The molecule has 0 aromatic heterocycles. The molecule has 0 spiro atoms. The molecule has 5 nitrogen and oxygen atoms in total. The van der Waals surface area contributed by atoms with E-state index in [1.807, 2.05) is 48.5 Å². The number of rotatable bonds is 7. The Bertz CT molecular complexity index is 1100. The minimum Gasteiger partial charge on any atom is -0.397 e. The number of hydrogen-bond acceptors (Lipinski definition) is 3. The van der Waals surface area contributed by atoms with E-state index in [0.29, 0.717) is 30.8 Å². The third-order valence-electron chi connectivity index (χ3n) is 5.36. The Morgan fingerprint density at radius 3 is 2.00 bits per heavy atom. The number of amides is 2. The molecular formula is C26H25N3O2. The van der Waals surface area contributed by atoms with E-state index in [1.54, 1.807) is 18.2 Å². The number of benzene rings is 3. The van der Waals surface area contributed by atoms with E-state index >= 15 is 0 Å². The molecule has 3 aromatic carbocycles. The Labute approximate surface area is 182 Å². The highest BCUT2D eigenvalue weighted by Gasteiger charge is 2.22. The Morgan fingerprint density at radius 1 is 0.774 bits per heavy atom. The average Bonchev–Trinajstić information content (AvgIpc) is 3.09. The first-order valence-electron chi connectivity index (χ1n) is 10.5.